The number of carbonyl (C=O) groups is 1. The molecular weight excluding hydrogens is 222 g/mol. The van der Waals surface area contributed by atoms with Gasteiger partial charge in [-0.3, -0.25) is 4.79 Å². The first-order valence-corrected chi connectivity index (χ1v) is 6.37. The Bertz CT molecular complexity index is 326. The van der Waals surface area contributed by atoms with Gasteiger partial charge in [0.15, 0.2) is 0 Å². The number of carboxylic acids is 1. The quantitative estimate of drug-likeness (QED) is 0.713. The van der Waals surface area contributed by atoms with E-state index in [-0.39, 0.29) is 25.3 Å². The maximum Gasteiger partial charge on any atom is 0.305 e. The fraction of sp³-hybridized carbons (Fsp3) is 0.875. The average molecular weight is 237 g/mol. The van der Waals surface area contributed by atoms with Crippen molar-refractivity contribution < 1.29 is 23.1 Å². The number of nitrogens with zero attached hydrogens (tertiary/aromatic N) is 1. The monoisotopic (exact) mass is 237 g/mol. The van der Waals surface area contributed by atoms with E-state index in [0.717, 1.165) is 0 Å². The second-order valence-electron chi connectivity index (χ2n) is 3.34. The lowest BCUT2D eigenvalue weighted by Gasteiger charge is -2.33. The molecule has 6 nitrogen and oxygen atoms in total. The highest BCUT2D eigenvalue weighted by molar-refractivity contribution is 7.89. The van der Waals surface area contributed by atoms with Crippen molar-refractivity contribution in [2.75, 3.05) is 25.5 Å². The van der Waals surface area contributed by atoms with Crippen LogP contribution >= 0.6 is 0 Å². The minimum Gasteiger partial charge on any atom is -0.481 e. The maximum absolute atomic E-state index is 11.6. The van der Waals surface area contributed by atoms with Gasteiger partial charge >= 0.3 is 5.97 Å². The van der Waals surface area contributed by atoms with Gasteiger partial charge in [0.2, 0.25) is 10.0 Å². The topological polar surface area (TPSA) is 83.9 Å². The lowest BCUT2D eigenvalue weighted by molar-refractivity contribution is -0.139. The van der Waals surface area contributed by atoms with E-state index in [0.29, 0.717) is 6.61 Å². The molecule has 1 atom stereocenters. The number of carboxylic acid groups (broad SMARTS) is 1. The second kappa shape index (κ2) is 4.91. The van der Waals surface area contributed by atoms with Gasteiger partial charge in [-0.15, -0.1) is 0 Å². The summed E-state index contributed by atoms with van der Waals surface area (Å²) in [5.41, 5.74) is 0. The van der Waals surface area contributed by atoms with Gasteiger partial charge in [0.25, 0.3) is 0 Å². The van der Waals surface area contributed by atoms with Crippen LogP contribution in [-0.2, 0) is 19.6 Å². The van der Waals surface area contributed by atoms with Gasteiger partial charge in [-0.1, -0.05) is 0 Å². The second-order valence-corrected chi connectivity index (χ2v) is 5.55. The van der Waals surface area contributed by atoms with Crippen molar-refractivity contribution in [3.05, 3.63) is 0 Å². The van der Waals surface area contributed by atoms with Crippen LogP contribution in [0.3, 0.4) is 0 Å². The molecule has 1 rings (SSSR count). The number of ether oxygens (including phenoxy) is 1. The maximum atomic E-state index is 11.6. The zero-order valence-electron chi connectivity index (χ0n) is 8.55. The van der Waals surface area contributed by atoms with Gasteiger partial charge in [-0.05, 0) is 6.92 Å². The zero-order valence-corrected chi connectivity index (χ0v) is 9.37. The Kier molecular flexibility index (Phi) is 4.06. The van der Waals surface area contributed by atoms with Crippen LogP contribution in [-0.4, -0.2) is 55.4 Å². The molecule has 0 amide bonds. The van der Waals surface area contributed by atoms with Crippen molar-refractivity contribution in [2.45, 2.75) is 19.4 Å². The third kappa shape index (κ3) is 3.15. The molecule has 0 bridgehead atoms. The Hall–Kier alpha value is -0.660. The van der Waals surface area contributed by atoms with Crippen molar-refractivity contribution in [2.24, 2.45) is 0 Å². The Morgan fingerprint density at radius 1 is 1.60 bits per heavy atom. The first-order chi connectivity index (χ1) is 6.97. The lowest BCUT2D eigenvalue weighted by atomic mass is 10.2. The Balaban J connectivity index is 2.78. The lowest BCUT2D eigenvalue weighted by Crippen LogP contribution is -2.49. The highest BCUT2D eigenvalue weighted by Gasteiger charge is 2.32. The fourth-order valence-corrected chi connectivity index (χ4v) is 2.81. The summed E-state index contributed by atoms with van der Waals surface area (Å²) in [5.74, 6) is -1.02. The highest BCUT2D eigenvalue weighted by atomic mass is 32.2. The Morgan fingerprint density at radius 3 is 2.80 bits per heavy atom. The van der Waals surface area contributed by atoms with Crippen LogP contribution in [0.5, 0.6) is 0 Å². The van der Waals surface area contributed by atoms with Crippen LogP contribution in [0.25, 0.3) is 0 Å². The van der Waals surface area contributed by atoms with Crippen molar-refractivity contribution in [1.29, 1.82) is 0 Å². The molecular formula is C8H15NO5S. The molecule has 1 aliphatic heterocycles. The molecule has 0 aromatic heterocycles. The molecule has 1 saturated heterocycles. The minimum absolute atomic E-state index is 0.0108. The van der Waals surface area contributed by atoms with Gasteiger partial charge in [0.05, 0.1) is 31.4 Å². The van der Waals surface area contributed by atoms with Gasteiger partial charge in [-0.2, -0.15) is 4.31 Å². The van der Waals surface area contributed by atoms with E-state index in [9.17, 15) is 13.2 Å². The predicted octanol–water partition coefficient (Wildman–Crippen LogP) is -0.488. The van der Waals surface area contributed by atoms with Gasteiger partial charge in [-0.25, -0.2) is 8.42 Å². The fourth-order valence-electron chi connectivity index (χ4n) is 1.53. The number of sulfonamides is 1. The summed E-state index contributed by atoms with van der Waals surface area (Å²) in [6, 6.07) is -0.568. The van der Waals surface area contributed by atoms with Crippen molar-refractivity contribution >= 4 is 16.0 Å². The Morgan fingerprint density at radius 2 is 2.27 bits per heavy atom. The van der Waals surface area contributed by atoms with E-state index in [1.165, 1.54) is 4.31 Å². The van der Waals surface area contributed by atoms with Crippen molar-refractivity contribution in [1.82, 2.24) is 4.31 Å². The molecule has 88 valence electrons. The molecule has 0 aliphatic carbocycles. The van der Waals surface area contributed by atoms with Crippen molar-refractivity contribution in [3.63, 3.8) is 0 Å². The minimum atomic E-state index is -3.33. The van der Waals surface area contributed by atoms with Crippen LogP contribution in [0.15, 0.2) is 0 Å². The molecule has 1 N–H and O–H groups in total. The van der Waals surface area contributed by atoms with E-state index in [1.807, 2.05) is 0 Å². The van der Waals surface area contributed by atoms with E-state index in [2.05, 4.69) is 0 Å². The molecule has 15 heavy (non-hydrogen) atoms. The average Bonchev–Trinajstić information content (AvgIpc) is 2.17. The molecule has 7 heteroatoms. The van der Waals surface area contributed by atoms with Gasteiger partial charge in [0.1, 0.15) is 0 Å². The Labute approximate surface area is 88.9 Å². The summed E-state index contributed by atoms with van der Waals surface area (Å²) in [6.45, 7) is 2.28. The predicted molar refractivity (Wildman–Crippen MR) is 53.0 cm³/mol. The summed E-state index contributed by atoms with van der Waals surface area (Å²) in [4.78, 5) is 10.6. The third-order valence-electron chi connectivity index (χ3n) is 2.31. The molecule has 0 spiro atoms. The van der Waals surface area contributed by atoms with E-state index in [1.54, 1.807) is 6.92 Å². The molecule has 0 aromatic carbocycles. The SMILES string of the molecule is CCS(=O)(=O)N1CCOCC1CC(=O)O. The molecule has 1 heterocycles. The molecule has 1 aliphatic rings. The first kappa shape index (κ1) is 12.4. The molecule has 0 aromatic rings. The number of hydrogen-bond donors (Lipinski definition) is 1. The third-order valence-corrected chi connectivity index (χ3v) is 4.23. The van der Waals surface area contributed by atoms with Crippen LogP contribution in [0.2, 0.25) is 0 Å². The molecule has 0 saturated carbocycles. The summed E-state index contributed by atoms with van der Waals surface area (Å²) in [5, 5.41) is 8.64. The summed E-state index contributed by atoms with van der Waals surface area (Å²) in [6.07, 6.45) is -0.209. The van der Waals surface area contributed by atoms with Crippen molar-refractivity contribution in [3.8, 4) is 0 Å². The van der Waals surface area contributed by atoms with Crippen LogP contribution in [0, 0.1) is 0 Å². The number of rotatable bonds is 4. The standard InChI is InChI=1S/C8H15NO5S/c1-2-15(12,13)9-3-4-14-6-7(9)5-8(10)11/h7H,2-6H2,1H3,(H,10,11). The largest absolute Gasteiger partial charge is 0.481 e. The summed E-state index contributed by atoms with van der Waals surface area (Å²) >= 11 is 0. The van der Waals surface area contributed by atoms with Gasteiger partial charge < -0.3 is 9.84 Å². The summed E-state index contributed by atoms with van der Waals surface area (Å²) in [7, 11) is -3.33. The number of hydrogen-bond acceptors (Lipinski definition) is 4. The zero-order chi connectivity index (χ0) is 11.5. The van der Waals surface area contributed by atoms with E-state index >= 15 is 0 Å². The van der Waals surface area contributed by atoms with E-state index in [4.69, 9.17) is 9.84 Å². The van der Waals surface area contributed by atoms with E-state index < -0.39 is 22.0 Å². The number of morpholine rings is 1. The summed E-state index contributed by atoms with van der Waals surface area (Å²) < 4.78 is 29.6. The molecule has 0 radical (unpaired) electrons. The number of aliphatic carboxylic acids is 1. The first-order valence-electron chi connectivity index (χ1n) is 4.76. The molecule has 1 fully saturated rings. The molecule has 1 unspecified atom stereocenters. The van der Waals surface area contributed by atoms with Crippen LogP contribution in [0.4, 0.5) is 0 Å². The van der Waals surface area contributed by atoms with Gasteiger partial charge in [0, 0.05) is 6.54 Å². The van der Waals surface area contributed by atoms with Crippen LogP contribution < -0.4 is 0 Å². The highest BCUT2D eigenvalue weighted by Crippen LogP contribution is 2.15. The smallest absolute Gasteiger partial charge is 0.305 e. The normalized spacial score (nSPS) is 23.9. The van der Waals surface area contributed by atoms with Crippen LogP contribution in [0.1, 0.15) is 13.3 Å².